The van der Waals surface area contributed by atoms with Crippen LogP contribution in [0.15, 0.2) is 24.3 Å². The normalized spacial score (nSPS) is 16.4. The molecule has 1 aromatic carbocycles. The summed E-state index contributed by atoms with van der Waals surface area (Å²) in [5, 5.41) is 10.5. The summed E-state index contributed by atoms with van der Waals surface area (Å²) >= 11 is 0. The number of morpholine rings is 2. The van der Waals surface area contributed by atoms with Crippen LogP contribution in [0.3, 0.4) is 0 Å². The molecule has 1 aromatic rings. The average Bonchev–Trinajstić information content (AvgIpc) is 2.96. The molecule has 0 atom stereocenters. The first kappa shape index (κ1) is 29.5. The van der Waals surface area contributed by atoms with E-state index in [1.165, 1.54) is 0 Å². The van der Waals surface area contributed by atoms with Crippen molar-refractivity contribution < 1.29 is 28.7 Å². The lowest BCUT2D eigenvalue weighted by atomic mass is 10.1. The first-order chi connectivity index (χ1) is 18.5. The van der Waals surface area contributed by atoms with E-state index in [0.717, 1.165) is 89.7 Å². The Labute approximate surface area is 223 Å². The molecule has 2 fully saturated rings. The van der Waals surface area contributed by atoms with Crippen molar-refractivity contribution in [1.82, 2.24) is 31.1 Å². The van der Waals surface area contributed by atoms with Crippen molar-refractivity contribution in [2.24, 2.45) is 0 Å². The molecule has 0 aromatic heterocycles. The van der Waals surface area contributed by atoms with Crippen molar-refractivity contribution in [3.8, 4) is 0 Å². The Bertz CT molecular complexity index is 848. The average molecular weight is 533 g/mol. The molecule has 0 unspecified atom stereocenters. The van der Waals surface area contributed by atoms with E-state index < -0.39 is 23.6 Å². The number of benzene rings is 1. The fourth-order valence-corrected chi connectivity index (χ4v) is 4.19. The van der Waals surface area contributed by atoms with Gasteiger partial charge in [-0.25, -0.2) is 0 Å². The third kappa shape index (κ3) is 11.1. The summed E-state index contributed by atoms with van der Waals surface area (Å²) < 4.78 is 10.6. The van der Waals surface area contributed by atoms with Crippen molar-refractivity contribution in [2.45, 2.75) is 25.9 Å². The van der Waals surface area contributed by atoms with E-state index in [0.29, 0.717) is 13.1 Å². The van der Waals surface area contributed by atoms with Crippen LogP contribution >= 0.6 is 0 Å². The molecule has 4 amide bonds. The zero-order chi connectivity index (χ0) is 27.0. The van der Waals surface area contributed by atoms with Gasteiger partial charge in [0.15, 0.2) is 0 Å². The van der Waals surface area contributed by atoms with Crippen LogP contribution in [0.2, 0.25) is 0 Å². The van der Waals surface area contributed by atoms with Gasteiger partial charge in [0.25, 0.3) is 0 Å². The van der Waals surface area contributed by atoms with Gasteiger partial charge in [-0.2, -0.15) is 0 Å². The highest BCUT2D eigenvalue weighted by molar-refractivity contribution is 6.35. The molecule has 0 spiro atoms. The molecule has 2 aliphatic rings. The highest BCUT2D eigenvalue weighted by atomic mass is 16.5. The largest absolute Gasteiger partial charge is 0.379 e. The molecule has 12 heteroatoms. The minimum atomic E-state index is -0.694. The molecule has 12 nitrogen and oxygen atoms in total. The number of hydrogen-bond donors (Lipinski definition) is 4. The zero-order valence-electron chi connectivity index (χ0n) is 22.0. The highest BCUT2D eigenvalue weighted by Crippen LogP contribution is 2.05. The maximum absolute atomic E-state index is 12.1. The van der Waals surface area contributed by atoms with Gasteiger partial charge >= 0.3 is 23.6 Å². The molecule has 0 aliphatic carbocycles. The maximum Gasteiger partial charge on any atom is 0.309 e. The number of carbonyl (C=O) groups excluding carboxylic acids is 4. The lowest BCUT2D eigenvalue weighted by molar-refractivity contribution is -0.139. The van der Waals surface area contributed by atoms with E-state index in [-0.39, 0.29) is 13.1 Å². The summed E-state index contributed by atoms with van der Waals surface area (Å²) in [6, 6.07) is 7.22. The van der Waals surface area contributed by atoms with Crippen LogP contribution in [0.1, 0.15) is 24.0 Å². The number of nitrogens with one attached hydrogen (secondary N) is 4. The summed E-state index contributed by atoms with van der Waals surface area (Å²) in [4.78, 5) is 52.9. The Morgan fingerprint density at radius 2 is 1.03 bits per heavy atom. The van der Waals surface area contributed by atoms with E-state index in [4.69, 9.17) is 9.47 Å². The van der Waals surface area contributed by atoms with Crippen molar-refractivity contribution in [1.29, 1.82) is 0 Å². The minimum Gasteiger partial charge on any atom is -0.379 e. The van der Waals surface area contributed by atoms with Crippen LogP contribution < -0.4 is 21.3 Å². The van der Waals surface area contributed by atoms with Crippen LogP contribution in [-0.4, -0.2) is 112 Å². The Kier molecular flexibility index (Phi) is 13.0. The number of rotatable bonds is 12. The van der Waals surface area contributed by atoms with Crippen molar-refractivity contribution in [3.63, 3.8) is 0 Å². The van der Waals surface area contributed by atoms with E-state index in [2.05, 4.69) is 31.1 Å². The van der Waals surface area contributed by atoms with Crippen molar-refractivity contribution in [2.75, 3.05) is 78.8 Å². The van der Waals surface area contributed by atoms with Gasteiger partial charge in [-0.15, -0.1) is 0 Å². The SMILES string of the molecule is O=C(NCCCN1CCOCC1)C(=O)NCc1cccc(CNC(=O)C(=O)NCCCN2CCOCC2)c1. The zero-order valence-corrected chi connectivity index (χ0v) is 22.0. The maximum atomic E-state index is 12.1. The first-order valence-electron chi connectivity index (χ1n) is 13.3. The number of ether oxygens (including phenoxy) is 2. The lowest BCUT2D eigenvalue weighted by Gasteiger charge is -2.26. The Morgan fingerprint density at radius 3 is 1.45 bits per heavy atom. The summed E-state index contributed by atoms with van der Waals surface area (Å²) in [5.41, 5.74) is 1.55. The fourth-order valence-electron chi connectivity index (χ4n) is 4.19. The number of hydrogen-bond acceptors (Lipinski definition) is 8. The third-order valence-electron chi connectivity index (χ3n) is 6.39. The lowest BCUT2D eigenvalue weighted by Crippen LogP contribution is -2.42. The third-order valence-corrected chi connectivity index (χ3v) is 6.39. The molecule has 2 saturated heterocycles. The molecule has 2 aliphatic heterocycles. The summed E-state index contributed by atoms with van der Waals surface area (Å²) in [6.45, 7) is 9.39. The molecule has 0 saturated carbocycles. The molecule has 4 N–H and O–H groups in total. The molecule has 0 radical (unpaired) electrons. The second-order valence-electron chi connectivity index (χ2n) is 9.31. The van der Waals surface area contributed by atoms with Crippen LogP contribution in [0.25, 0.3) is 0 Å². The number of carbonyl (C=O) groups is 4. The van der Waals surface area contributed by atoms with Crippen LogP contribution in [0, 0.1) is 0 Å². The van der Waals surface area contributed by atoms with Crippen LogP contribution in [0.5, 0.6) is 0 Å². The number of amides is 4. The summed E-state index contributed by atoms with van der Waals surface area (Å²) in [6.07, 6.45) is 1.53. The van der Waals surface area contributed by atoms with E-state index in [9.17, 15) is 19.2 Å². The second-order valence-corrected chi connectivity index (χ2v) is 9.31. The Hall–Kier alpha value is -3.06. The molecule has 38 heavy (non-hydrogen) atoms. The van der Waals surface area contributed by atoms with Gasteiger partial charge in [0.05, 0.1) is 26.4 Å². The fraction of sp³-hybridized carbons (Fsp3) is 0.615. The standard InChI is InChI=1S/C26H40N6O6/c33-23(27-6-2-8-31-10-14-37-15-11-31)25(35)29-19-21-4-1-5-22(18-21)20-30-26(36)24(34)28-7-3-9-32-12-16-38-17-13-32/h1,4-5,18H,2-3,6-17,19-20H2,(H,27,33)(H,28,34)(H,29,35)(H,30,36). The highest BCUT2D eigenvalue weighted by Gasteiger charge is 2.15. The van der Waals surface area contributed by atoms with E-state index >= 15 is 0 Å². The van der Waals surface area contributed by atoms with Crippen LogP contribution in [-0.2, 0) is 41.7 Å². The summed E-state index contributed by atoms with van der Waals surface area (Å²) in [7, 11) is 0. The van der Waals surface area contributed by atoms with Crippen LogP contribution in [0.4, 0.5) is 0 Å². The van der Waals surface area contributed by atoms with Gasteiger partial charge in [-0.3, -0.25) is 29.0 Å². The molecule has 210 valence electrons. The Morgan fingerprint density at radius 1 is 0.632 bits per heavy atom. The number of nitrogens with zero attached hydrogens (tertiary/aromatic N) is 2. The monoisotopic (exact) mass is 532 g/mol. The topological polar surface area (TPSA) is 141 Å². The van der Waals surface area contributed by atoms with Gasteiger partial charge in [0.1, 0.15) is 0 Å². The molecule has 2 heterocycles. The molecule has 0 bridgehead atoms. The summed E-state index contributed by atoms with van der Waals surface area (Å²) in [5.74, 6) is -2.71. The van der Waals surface area contributed by atoms with Gasteiger partial charge in [0.2, 0.25) is 0 Å². The first-order valence-corrected chi connectivity index (χ1v) is 13.3. The second kappa shape index (κ2) is 16.7. The van der Waals surface area contributed by atoms with Gasteiger partial charge < -0.3 is 30.7 Å². The quantitative estimate of drug-likeness (QED) is 0.190. The van der Waals surface area contributed by atoms with Crippen molar-refractivity contribution >= 4 is 23.6 Å². The molecular weight excluding hydrogens is 492 g/mol. The minimum absolute atomic E-state index is 0.172. The van der Waals surface area contributed by atoms with Crippen molar-refractivity contribution in [3.05, 3.63) is 35.4 Å². The van der Waals surface area contributed by atoms with Gasteiger partial charge in [-0.1, -0.05) is 24.3 Å². The predicted octanol–water partition coefficient (Wildman–Crippen LogP) is -1.40. The van der Waals surface area contributed by atoms with Gasteiger partial charge in [-0.05, 0) is 37.1 Å². The molecular formula is C26H40N6O6. The smallest absolute Gasteiger partial charge is 0.309 e. The predicted molar refractivity (Wildman–Crippen MR) is 140 cm³/mol. The van der Waals surface area contributed by atoms with Gasteiger partial charge in [0, 0.05) is 52.4 Å². The van der Waals surface area contributed by atoms with E-state index in [1.807, 2.05) is 12.1 Å². The molecule has 3 rings (SSSR count). The van der Waals surface area contributed by atoms with E-state index in [1.54, 1.807) is 12.1 Å². The Balaban J connectivity index is 1.27.